The molecule has 0 radical (unpaired) electrons. The Bertz CT molecular complexity index is 551. The molecule has 4 N–H and O–H groups in total. The summed E-state index contributed by atoms with van der Waals surface area (Å²) in [6.45, 7) is 0. The highest BCUT2D eigenvalue weighted by molar-refractivity contribution is 6.06. The lowest BCUT2D eigenvalue weighted by Gasteiger charge is -2.21. The third kappa shape index (κ3) is 4.53. The number of amides is 1. The van der Waals surface area contributed by atoms with Crippen molar-refractivity contribution in [3.05, 3.63) is 36.0 Å². The predicted molar refractivity (Wildman–Crippen MR) is 83.2 cm³/mol. The van der Waals surface area contributed by atoms with Crippen molar-refractivity contribution in [1.82, 2.24) is 5.32 Å². The lowest BCUT2D eigenvalue weighted by atomic mass is 9.96. The second-order valence-electron chi connectivity index (χ2n) is 5.25. The van der Waals surface area contributed by atoms with Gasteiger partial charge in [-0.05, 0) is 37.1 Å². The van der Waals surface area contributed by atoms with Gasteiger partial charge in [0, 0.05) is 23.6 Å². The molecule has 1 fully saturated rings. The van der Waals surface area contributed by atoms with Gasteiger partial charge in [0.25, 0.3) is 5.91 Å². The molecule has 0 unspecified atom stereocenters. The van der Waals surface area contributed by atoms with Crippen molar-refractivity contribution in [2.45, 2.75) is 38.1 Å². The zero-order chi connectivity index (χ0) is 15.1. The molecule has 5 heteroatoms. The molecule has 1 aliphatic carbocycles. The Morgan fingerprint density at radius 1 is 1.24 bits per heavy atom. The van der Waals surface area contributed by atoms with E-state index in [0.717, 1.165) is 12.8 Å². The van der Waals surface area contributed by atoms with Gasteiger partial charge in [0.05, 0.1) is 0 Å². The standard InChI is InChI=1S/C16H20N4O/c17-10-12(11-19-14-4-2-1-3-5-14)16(21)20-15-8-6-13(18)7-9-15/h6-9,11,14,19H,1-5,18H2,(H,20,21)/b12-11-. The van der Waals surface area contributed by atoms with E-state index in [9.17, 15) is 4.79 Å². The zero-order valence-electron chi connectivity index (χ0n) is 11.9. The number of nitrogens with two attached hydrogens (primary N) is 1. The number of benzene rings is 1. The lowest BCUT2D eigenvalue weighted by Crippen LogP contribution is -2.28. The highest BCUT2D eigenvalue weighted by Crippen LogP contribution is 2.17. The first-order valence-corrected chi connectivity index (χ1v) is 7.22. The minimum absolute atomic E-state index is 0.0809. The van der Waals surface area contributed by atoms with Gasteiger partial charge in [0.15, 0.2) is 0 Å². The number of nitrogens with one attached hydrogen (secondary N) is 2. The van der Waals surface area contributed by atoms with Crippen LogP contribution in [0.25, 0.3) is 0 Å². The normalized spacial score (nSPS) is 16.0. The van der Waals surface area contributed by atoms with Crippen molar-refractivity contribution in [3.8, 4) is 6.07 Å². The second kappa shape index (κ2) is 7.34. The molecular formula is C16H20N4O. The number of nitriles is 1. The summed E-state index contributed by atoms with van der Waals surface area (Å²) >= 11 is 0. The van der Waals surface area contributed by atoms with Crippen LogP contribution in [0.2, 0.25) is 0 Å². The van der Waals surface area contributed by atoms with Gasteiger partial charge in [0.2, 0.25) is 0 Å². The van der Waals surface area contributed by atoms with Crippen molar-refractivity contribution >= 4 is 17.3 Å². The van der Waals surface area contributed by atoms with Crippen LogP contribution < -0.4 is 16.4 Å². The molecule has 0 heterocycles. The summed E-state index contributed by atoms with van der Waals surface area (Å²) in [6, 6.07) is 9.11. The van der Waals surface area contributed by atoms with E-state index in [0.29, 0.717) is 17.4 Å². The van der Waals surface area contributed by atoms with Crippen LogP contribution >= 0.6 is 0 Å². The topological polar surface area (TPSA) is 90.9 Å². The lowest BCUT2D eigenvalue weighted by molar-refractivity contribution is -0.112. The van der Waals surface area contributed by atoms with Crippen LogP contribution in [0.3, 0.4) is 0 Å². The van der Waals surface area contributed by atoms with Crippen LogP contribution in [0, 0.1) is 11.3 Å². The van der Waals surface area contributed by atoms with Gasteiger partial charge in [0.1, 0.15) is 11.6 Å². The Hall–Kier alpha value is -2.48. The van der Waals surface area contributed by atoms with E-state index in [-0.39, 0.29) is 5.57 Å². The molecule has 0 bridgehead atoms. The average Bonchev–Trinajstić information content (AvgIpc) is 2.51. The minimum atomic E-state index is -0.411. The van der Waals surface area contributed by atoms with Crippen molar-refractivity contribution in [2.75, 3.05) is 11.1 Å². The Morgan fingerprint density at radius 3 is 2.52 bits per heavy atom. The smallest absolute Gasteiger partial charge is 0.267 e. The molecule has 5 nitrogen and oxygen atoms in total. The number of anilines is 2. The molecule has 1 amide bonds. The van der Waals surface area contributed by atoms with Crippen molar-refractivity contribution < 1.29 is 4.79 Å². The van der Waals surface area contributed by atoms with Crippen LogP contribution in [-0.2, 0) is 4.79 Å². The molecule has 2 rings (SSSR count). The molecule has 1 aliphatic rings. The SMILES string of the molecule is N#C/C(=C/NC1CCCCC1)C(=O)Nc1ccc(N)cc1. The monoisotopic (exact) mass is 284 g/mol. The largest absolute Gasteiger partial charge is 0.399 e. The number of rotatable bonds is 4. The maximum atomic E-state index is 12.0. The van der Waals surface area contributed by atoms with Crippen LogP contribution in [0.15, 0.2) is 36.0 Å². The fourth-order valence-electron chi connectivity index (χ4n) is 2.38. The van der Waals surface area contributed by atoms with Gasteiger partial charge in [-0.3, -0.25) is 4.79 Å². The Kier molecular flexibility index (Phi) is 5.22. The Morgan fingerprint density at radius 2 is 1.90 bits per heavy atom. The predicted octanol–water partition coefficient (Wildman–Crippen LogP) is 2.54. The molecule has 0 aliphatic heterocycles. The van der Waals surface area contributed by atoms with Gasteiger partial charge < -0.3 is 16.4 Å². The number of hydrogen-bond donors (Lipinski definition) is 3. The highest BCUT2D eigenvalue weighted by Gasteiger charge is 2.13. The van der Waals surface area contributed by atoms with Crippen LogP contribution in [0.1, 0.15) is 32.1 Å². The van der Waals surface area contributed by atoms with E-state index in [4.69, 9.17) is 11.0 Å². The summed E-state index contributed by atoms with van der Waals surface area (Å²) in [7, 11) is 0. The minimum Gasteiger partial charge on any atom is -0.399 e. The number of nitrogen functional groups attached to an aromatic ring is 1. The quantitative estimate of drug-likeness (QED) is 0.450. The van der Waals surface area contributed by atoms with Crippen molar-refractivity contribution in [2.24, 2.45) is 0 Å². The summed E-state index contributed by atoms with van der Waals surface area (Å²) in [5.41, 5.74) is 6.91. The summed E-state index contributed by atoms with van der Waals surface area (Å²) in [4.78, 5) is 12.0. The van der Waals surface area contributed by atoms with Crippen LogP contribution in [0.4, 0.5) is 11.4 Å². The third-order valence-corrected chi connectivity index (χ3v) is 3.60. The summed E-state index contributed by atoms with van der Waals surface area (Å²) in [5.74, 6) is -0.411. The van der Waals surface area contributed by atoms with E-state index in [2.05, 4.69) is 10.6 Å². The Labute approximate surface area is 124 Å². The van der Waals surface area contributed by atoms with Gasteiger partial charge in [-0.25, -0.2) is 0 Å². The van der Waals surface area contributed by atoms with Gasteiger partial charge >= 0.3 is 0 Å². The molecule has 1 saturated carbocycles. The second-order valence-corrected chi connectivity index (χ2v) is 5.25. The first kappa shape index (κ1) is 14.9. The summed E-state index contributed by atoms with van der Waals surface area (Å²) < 4.78 is 0. The van der Waals surface area contributed by atoms with Gasteiger partial charge in [-0.1, -0.05) is 19.3 Å². The van der Waals surface area contributed by atoms with Gasteiger partial charge in [-0.2, -0.15) is 5.26 Å². The highest BCUT2D eigenvalue weighted by atomic mass is 16.1. The fourth-order valence-corrected chi connectivity index (χ4v) is 2.38. The number of carbonyl (C=O) groups excluding carboxylic acids is 1. The number of carbonyl (C=O) groups is 1. The molecule has 1 aromatic carbocycles. The number of hydrogen-bond acceptors (Lipinski definition) is 4. The molecule has 1 aromatic rings. The molecule has 0 spiro atoms. The first-order valence-electron chi connectivity index (χ1n) is 7.22. The molecule has 21 heavy (non-hydrogen) atoms. The van der Waals surface area contributed by atoms with E-state index in [1.54, 1.807) is 24.3 Å². The first-order chi connectivity index (χ1) is 10.2. The molecule has 0 atom stereocenters. The number of nitrogens with zero attached hydrogens (tertiary/aromatic N) is 1. The maximum absolute atomic E-state index is 12.0. The van der Waals surface area contributed by atoms with E-state index >= 15 is 0 Å². The van der Waals surface area contributed by atoms with Crippen molar-refractivity contribution in [3.63, 3.8) is 0 Å². The molecular weight excluding hydrogens is 264 g/mol. The summed E-state index contributed by atoms with van der Waals surface area (Å²) in [6.07, 6.45) is 7.38. The van der Waals surface area contributed by atoms with E-state index in [1.807, 2.05) is 6.07 Å². The van der Waals surface area contributed by atoms with Crippen LogP contribution in [-0.4, -0.2) is 11.9 Å². The maximum Gasteiger partial charge on any atom is 0.267 e. The van der Waals surface area contributed by atoms with Crippen molar-refractivity contribution in [1.29, 1.82) is 5.26 Å². The molecule has 0 saturated heterocycles. The average molecular weight is 284 g/mol. The third-order valence-electron chi connectivity index (χ3n) is 3.60. The molecule has 0 aromatic heterocycles. The fraction of sp³-hybridized carbons (Fsp3) is 0.375. The van der Waals surface area contributed by atoms with E-state index < -0.39 is 5.91 Å². The molecule has 110 valence electrons. The zero-order valence-corrected chi connectivity index (χ0v) is 11.9. The Balaban J connectivity index is 1.94. The van der Waals surface area contributed by atoms with E-state index in [1.165, 1.54) is 25.5 Å². The summed E-state index contributed by atoms with van der Waals surface area (Å²) in [5, 5.41) is 15.0. The van der Waals surface area contributed by atoms with Crippen LogP contribution in [0.5, 0.6) is 0 Å². The van der Waals surface area contributed by atoms with Gasteiger partial charge in [-0.15, -0.1) is 0 Å².